The molecule has 2 fully saturated rings. The van der Waals surface area contributed by atoms with Gasteiger partial charge in [-0.25, -0.2) is 0 Å². The van der Waals surface area contributed by atoms with E-state index in [1.807, 2.05) is 17.0 Å². The Morgan fingerprint density at radius 2 is 1.97 bits per heavy atom. The number of likely N-dealkylation sites (tertiary alicyclic amines) is 1. The number of amides is 2. The van der Waals surface area contributed by atoms with Crippen molar-refractivity contribution in [2.45, 2.75) is 18.9 Å². The van der Waals surface area contributed by atoms with E-state index < -0.39 is 0 Å². The molecule has 2 amide bonds. The number of carbonyl (C=O) groups excluding carboxylic acids is 2. The molecule has 0 radical (unpaired) electrons. The van der Waals surface area contributed by atoms with Crippen molar-refractivity contribution in [3.05, 3.63) is 47.2 Å². The van der Waals surface area contributed by atoms with Crippen molar-refractivity contribution in [3.8, 4) is 5.75 Å². The third-order valence-electron chi connectivity index (χ3n) is 6.06. The molecular formula is C22H28ClN5O3. The number of carbonyl (C=O) groups is 2. The fourth-order valence-electron chi connectivity index (χ4n) is 4.22. The minimum Gasteiger partial charge on any atom is -0.490 e. The van der Waals surface area contributed by atoms with Crippen LogP contribution in [0.25, 0.3) is 0 Å². The number of hydrogen-bond donors (Lipinski definition) is 1. The first kappa shape index (κ1) is 21.6. The standard InChI is InChI=1S/C22H28ClN5O3/c1-26-9-11-27(12-10-26)21(29)13-16-15-28(22(30)19-5-7-24-25-19)8-6-20(16)31-18-4-2-3-17(23)14-18/h2-5,7,14,16,20H,6,8-13,15H2,1H3,(H,24,25)/t16-,20-/m0/s1. The quantitative estimate of drug-likeness (QED) is 0.762. The molecule has 1 aromatic heterocycles. The molecule has 2 saturated heterocycles. The van der Waals surface area contributed by atoms with Crippen LogP contribution >= 0.6 is 11.6 Å². The van der Waals surface area contributed by atoms with Crippen molar-refractivity contribution in [1.82, 2.24) is 24.9 Å². The molecule has 0 unspecified atom stereocenters. The van der Waals surface area contributed by atoms with Crippen molar-refractivity contribution >= 4 is 23.4 Å². The van der Waals surface area contributed by atoms with Crippen molar-refractivity contribution < 1.29 is 14.3 Å². The predicted molar refractivity (Wildman–Crippen MR) is 117 cm³/mol. The number of nitrogens with zero attached hydrogens (tertiary/aromatic N) is 4. The first-order valence-electron chi connectivity index (χ1n) is 10.7. The number of hydrogen-bond acceptors (Lipinski definition) is 5. The molecule has 1 aromatic carbocycles. The van der Waals surface area contributed by atoms with E-state index in [0.29, 0.717) is 42.4 Å². The van der Waals surface area contributed by atoms with E-state index >= 15 is 0 Å². The molecule has 1 N–H and O–H groups in total. The molecular weight excluding hydrogens is 418 g/mol. The second-order valence-corrected chi connectivity index (χ2v) is 8.71. The van der Waals surface area contributed by atoms with Crippen molar-refractivity contribution in [2.75, 3.05) is 46.3 Å². The molecule has 0 spiro atoms. The van der Waals surface area contributed by atoms with Gasteiger partial charge in [-0.1, -0.05) is 17.7 Å². The highest BCUT2D eigenvalue weighted by Crippen LogP contribution is 2.28. The van der Waals surface area contributed by atoms with E-state index in [1.165, 1.54) is 0 Å². The first-order chi connectivity index (χ1) is 15.0. The lowest BCUT2D eigenvalue weighted by Gasteiger charge is -2.39. The van der Waals surface area contributed by atoms with Gasteiger partial charge in [-0.05, 0) is 31.3 Å². The Bertz CT molecular complexity index is 898. The summed E-state index contributed by atoms with van der Waals surface area (Å²) in [6.45, 7) is 4.24. The average Bonchev–Trinajstić information content (AvgIpc) is 3.30. The smallest absolute Gasteiger partial charge is 0.271 e. The minimum atomic E-state index is -0.166. The van der Waals surface area contributed by atoms with Crippen molar-refractivity contribution in [2.24, 2.45) is 5.92 Å². The molecule has 2 atom stereocenters. The number of piperazine rings is 1. The largest absolute Gasteiger partial charge is 0.490 e. The van der Waals surface area contributed by atoms with E-state index in [-0.39, 0.29) is 23.8 Å². The predicted octanol–water partition coefficient (Wildman–Crippen LogP) is 2.14. The van der Waals surface area contributed by atoms with E-state index in [1.54, 1.807) is 29.3 Å². The minimum absolute atomic E-state index is 0.101. The summed E-state index contributed by atoms with van der Waals surface area (Å²) in [6.07, 6.45) is 2.39. The van der Waals surface area contributed by atoms with Crippen LogP contribution in [0, 0.1) is 5.92 Å². The first-order valence-corrected chi connectivity index (χ1v) is 11.0. The summed E-state index contributed by atoms with van der Waals surface area (Å²) in [5.74, 6) is 0.596. The Morgan fingerprint density at radius 3 is 2.68 bits per heavy atom. The topological polar surface area (TPSA) is 81.8 Å². The highest BCUT2D eigenvalue weighted by atomic mass is 35.5. The van der Waals surface area contributed by atoms with Crippen LogP contribution in [0.15, 0.2) is 36.5 Å². The number of ether oxygens (including phenoxy) is 1. The fraction of sp³-hybridized carbons (Fsp3) is 0.500. The van der Waals surface area contributed by atoms with Crippen LogP contribution in [0.1, 0.15) is 23.3 Å². The number of H-pyrrole nitrogens is 1. The number of aromatic nitrogens is 2. The van der Waals surface area contributed by atoms with E-state index in [4.69, 9.17) is 16.3 Å². The molecule has 0 bridgehead atoms. The van der Waals surface area contributed by atoms with Gasteiger partial charge in [0.25, 0.3) is 5.91 Å². The average molecular weight is 446 g/mol. The van der Waals surface area contributed by atoms with Gasteiger partial charge in [0.1, 0.15) is 17.5 Å². The molecule has 3 heterocycles. The number of likely N-dealkylation sites (N-methyl/N-ethyl adjacent to an activating group) is 1. The van der Waals surface area contributed by atoms with Gasteiger partial charge in [-0.3, -0.25) is 14.7 Å². The lowest BCUT2D eigenvalue weighted by atomic mass is 9.90. The van der Waals surface area contributed by atoms with Crippen LogP contribution in [0.2, 0.25) is 5.02 Å². The Kier molecular flexibility index (Phi) is 6.77. The second-order valence-electron chi connectivity index (χ2n) is 8.27. The lowest BCUT2D eigenvalue weighted by molar-refractivity contribution is -0.135. The third kappa shape index (κ3) is 5.37. The van der Waals surface area contributed by atoms with Crippen molar-refractivity contribution in [3.63, 3.8) is 0 Å². The molecule has 0 saturated carbocycles. The molecule has 0 aliphatic carbocycles. The Hall–Kier alpha value is -2.58. The maximum Gasteiger partial charge on any atom is 0.271 e. The maximum absolute atomic E-state index is 13.0. The molecule has 166 valence electrons. The Morgan fingerprint density at radius 1 is 1.16 bits per heavy atom. The van der Waals surface area contributed by atoms with Crippen molar-refractivity contribution in [1.29, 1.82) is 0 Å². The number of rotatable bonds is 5. The molecule has 2 aromatic rings. The van der Waals surface area contributed by atoms with Crippen LogP contribution in [-0.2, 0) is 4.79 Å². The third-order valence-corrected chi connectivity index (χ3v) is 6.29. The zero-order valence-electron chi connectivity index (χ0n) is 17.7. The summed E-state index contributed by atoms with van der Waals surface area (Å²) in [4.78, 5) is 31.8. The summed E-state index contributed by atoms with van der Waals surface area (Å²) in [7, 11) is 2.07. The van der Waals surface area contributed by atoms with Gasteiger partial charge < -0.3 is 19.4 Å². The van der Waals surface area contributed by atoms with Crippen LogP contribution in [0.3, 0.4) is 0 Å². The summed E-state index contributed by atoms with van der Waals surface area (Å²) in [6, 6.07) is 8.96. The SMILES string of the molecule is CN1CCN(C(=O)C[C@H]2CN(C(=O)c3ccn[nH]3)CC[C@@H]2Oc2cccc(Cl)c2)CC1. The molecule has 2 aliphatic rings. The van der Waals surface area contributed by atoms with Gasteiger partial charge in [0.05, 0.1) is 0 Å². The summed E-state index contributed by atoms with van der Waals surface area (Å²) < 4.78 is 6.25. The lowest BCUT2D eigenvalue weighted by Crippen LogP contribution is -2.51. The van der Waals surface area contributed by atoms with E-state index in [2.05, 4.69) is 22.1 Å². The van der Waals surface area contributed by atoms with Gasteiger partial charge in [0.2, 0.25) is 5.91 Å². The monoisotopic (exact) mass is 445 g/mol. The molecule has 2 aliphatic heterocycles. The number of nitrogens with one attached hydrogen (secondary N) is 1. The summed E-state index contributed by atoms with van der Waals surface area (Å²) in [5.41, 5.74) is 0.457. The zero-order chi connectivity index (χ0) is 21.8. The van der Waals surface area contributed by atoms with Gasteiger partial charge in [0.15, 0.2) is 0 Å². The van der Waals surface area contributed by atoms with Crippen LogP contribution in [0.4, 0.5) is 0 Å². The summed E-state index contributed by atoms with van der Waals surface area (Å²) in [5, 5.41) is 7.22. The normalized spacial score (nSPS) is 22.4. The van der Waals surface area contributed by atoms with E-state index in [0.717, 1.165) is 26.2 Å². The van der Waals surface area contributed by atoms with Gasteiger partial charge in [0, 0.05) is 69.2 Å². The second kappa shape index (κ2) is 9.70. The molecule has 8 nitrogen and oxygen atoms in total. The number of piperidine rings is 1. The Labute approximate surface area is 187 Å². The van der Waals surface area contributed by atoms with Gasteiger partial charge >= 0.3 is 0 Å². The van der Waals surface area contributed by atoms with Crippen LogP contribution in [0.5, 0.6) is 5.75 Å². The highest BCUT2D eigenvalue weighted by Gasteiger charge is 2.36. The fourth-order valence-corrected chi connectivity index (χ4v) is 4.40. The van der Waals surface area contributed by atoms with Crippen LogP contribution in [-0.4, -0.2) is 89.1 Å². The van der Waals surface area contributed by atoms with E-state index in [9.17, 15) is 9.59 Å². The van der Waals surface area contributed by atoms with Crippen LogP contribution < -0.4 is 4.74 Å². The number of halogens is 1. The molecule has 4 rings (SSSR count). The zero-order valence-corrected chi connectivity index (χ0v) is 18.4. The Balaban J connectivity index is 1.47. The maximum atomic E-state index is 13.0. The molecule has 9 heteroatoms. The highest BCUT2D eigenvalue weighted by molar-refractivity contribution is 6.30. The van der Waals surface area contributed by atoms with Gasteiger partial charge in [-0.15, -0.1) is 0 Å². The number of benzene rings is 1. The summed E-state index contributed by atoms with van der Waals surface area (Å²) >= 11 is 6.11. The van der Waals surface area contributed by atoms with Gasteiger partial charge in [-0.2, -0.15) is 5.10 Å². The number of aromatic amines is 1. The molecule has 31 heavy (non-hydrogen) atoms.